The summed E-state index contributed by atoms with van der Waals surface area (Å²) in [4.78, 5) is 36.3. The summed E-state index contributed by atoms with van der Waals surface area (Å²) in [6, 6.07) is 4.91. The van der Waals surface area contributed by atoms with E-state index in [1.54, 1.807) is 6.08 Å². The Kier molecular flexibility index (Phi) is 6.83. The summed E-state index contributed by atoms with van der Waals surface area (Å²) in [5, 5.41) is 10.7. The van der Waals surface area contributed by atoms with Crippen molar-refractivity contribution in [3.63, 3.8) is 0 Å². The fourth-order valence-electron chi connectivity index (χ4n) is 2.11. The molecule has 0 N–H and O–H groups in total. The van der Waals surface area contributed by atoms with Gasteiger partial charge in [-0.05, 0) is 30.7 Å². The number of ether oxygens (including phenoxy) is 2. The molecular formula is C16H16N2O6S2. The molecule has 2 rings (SSSR count). The zero-order valence-corrected chi connectivity index (χ0v) is 15.7. The molecule has 1 amide bonds. The standard InChI is InChI=1S/C16H16N2O6S2/c1-10(15(20)24-8-7-23-2)17-14(19)13(26-16(17)25)9-11-3-5-12(6-4-11)18(21)22/h3-6,9-10H,7-8H2,1-2H3/b13-9+/t10-/m0/s1. The second-order valence-corrected chi connectivity index (χ2v) is 6.91. The van der Waals surface area contributed by atoms with E-state index in [-0.39, 0.29) is 23.2 Å². The van der Waals surface area contributed by atoms with Gasteiger partial charge in [0.2, 0.25) is 0 Å². The maximum Gasteiger partial charge on any atom is 0.329 e. The summed E-state index contributed by atoms with van der Waals surface area (Å²) in [6.07, 6.45) is 1.58. The average molecular weight is 396 g/mol. The van der Waals surface area contributed by atoms with Crippen molar-refractivity contribution in [3.8, 4) is 0 Å². The van der Waals surface area contributed by atoms with E-state index in [0.29, 0.717) is 10.5 Å². The molecule has 1 aromatic carbocycles. The van der Waals surface area contributed by atoms with Crippen LogP contribution < -0.4 is 0 Å². The fraction of sp³-hybridized carbons (Fsp3) is 0.312. The number of rotatable bonds is 7. The number of amides is 1. The van der Waals surface area contributed by atoms with Crippen molar-refractivity contribution in [2.24, 2.45) is 0 Å². The van der Waals surface area contributed by atoms with Crippen molar-refractivity contribution in [2.75, 3.05) is 20.3 Å². The smallest absolute Gasteiger partial charge is 0.329 e. The minimum atomic E-state index is -0.859. The van der Waals surface area contributed by atoms with Gasteiger partial charge in [-0.3, -0.25) is 19.8 Å². The Morgan fingerprint density at radius 2 is 2.04 bits per heavy atom. The highest BCUT2D eigenvalue weighted by Crippen LogP contribution is 2.34. The molecule has 1 atom stereocenters. The number of carbonyl (C=O) groups excluding carboxylic acids is 2. The maximum atomic E-state index is 12.6. The van der Waals surface area contributed by atoms with E-state index in [1.165, 1.54) is 43.2 Å². The van der Waals surface area contributed by atoms with Crippen LogP contribution in [0.25, 0.3) is 6.08 Å². The average Bonchev–Trinajstić information content (AvgIpc) is 2.88. The SMILES string of the molecule is COCCOC(=O)[C@H](C)N1C(=O)/C(=C\c2ccc([N+](=O)[O-])cc2)SC1=S. The number of benzene rings is 1. The Morgan fingerprint density at radius 3 is 2.62 bits per heavy atom. The largest absolute Gasteiger partial charge is 0.462 e. The number of hydrogen-bond donors (Lipinski definition) is 0. The summed E-state index contributed by atoms with van der Waals surface area (Å²) >= 11 is 6.27. The fourth-order valence-corrected chi connectivity index (χ4v) is 3.53. The Balaban J connectivity index is 2.12. The van der Waals surface area contributed by atoms with Crippen LogP contribution in [0.3, 0.4) is 0 Å². The lowest BCUT2D eigenvalue weighted by Gasteiger charge is -2.21. The molecule has 0 spiro atoms. The van der Waals surface area contributed by atoms with Crippen LogP contribution in [0.1, 0.15) is 12.5 Å². The van der Waals surface area contributed by atoms with Gasteiger partial charge >= 0.3 is 5.97 Å². The Bertz CT molecular complexity index is 763. The summed E-state index contributed by atoms with van der Waals surface area (Å²) in [5.74, 6) is -0.982. The predicted molar refractivity (Wildman–Crippen MR) is 100 cm³/mol. The van der Waals surface area contributed by atoms with E-state index >= 15 is 0 Å². The third-order valence-corrected chi connectivity index (χ3v) is 4.82. The number of thiocarbonyl (C=S) groups is 1. The van der Waals surface area contributed by atoms with Crippen molar-refractivity contribution >= 4 is 51.9 Å². The van der Waals surface area contributed by atoms with Crippen LogP contribution in [0.2, 0.25) is 0 Å². The van der Waals surface area contributed by atoms with E-state index in [2.05, 4.69) is 0 Å². The predicted octanol–water partition coefficient (Wildman–Crippen LogP) is 2.37. The lowest BCUT2D eigenvalue weighted by Crippen LogP contribution is -2.42. The summed E-state index contributed by atoms with van der Waals surface area (Å²) < 4.78 is 10.1. The first-order valence-corrected chi connectivity index (χ1v) is 8.74. The third kappa shape index (κ3) is 4.65. The van der Waals surface area contributed by atoms with Crippen LogP contribution in [-0.4, -0.2) is 52.4 Å². The molecule has 26 heavy (non-hydrogen) atoms. The number of methoxy groups -OCH3 is 1. The first-order valence-electron chi connectivity index (χ1n) is 7.52. The summed E-state index contributed by atoms with van der Waals surface area (Å²) in [5.41, 5.74) is 0.577. The van der Waals surface area contributed by atoms with Crippen molar-refractivity contribution in [1.29, 1.82) is 0 Å². The number of nitro benzene ring substituents is 1. The van der Waals surface area contributed by atoms with Crippen molar-refractivity contribution in [3.05, 3.63) is 44.8 Å². The van der Waals surface area contributed by atoms with E-state index < -0.39 is 22.8 Å². The summed E-state index contributed by atoms with van der Waals surface area (Å²) in [7, 11) is 1.49. The zero-order chi connectivity index (χ0) is 19.3. The van der Waals surface area contributed by atoms with Gasteiger partial charge < -0.3 is 9.47 Å². The van der Waals surface area contributed by atoms with Gasteiger partial charge in [0.15, 0.2) is 0 Å². The lowest BCUT2D eigenvalue weighted by atomic mass is 10.2. The van der Waals surface area contributed by atoms with Crippen LogP contribution in [0.5, 0.6) is 0 Å². The Morgan fingerprint density at radius 1 is 1.38 bits per heavy atom. The molecule has 1 aromatic rings. The van der Waals surface area contributed by atoms with Crippen LogP contribution >= 0.6 is 24.0 Å². The van der Waals surface area contributed by atoms with Gasteiger partial charge in [-0.2, -0.15) is 0 Å². The van der Waals surface area contributed by atoms with Crippen LogP contribution in [0.4, 0.5) is 5.69 Å². The molecule has 1 heterocycles. The minimum Gasteiger partial charge on any atom is -0.462 e. The number of nitro groups is 1. The molecule has 0 unspecified atom stereocenters. The molecule has 0 aromatic heterocycles. The number of non-ortho nitro benzene ring substituents is 1. The van der Waals surface area contributed by atoms with E-state index in [9.17, 15) is 19.7 Å². The Hall–Kier alpha value is -2.30. The second-order valence-electron chi connectivity index (χ2n) is 5.24. The lowest BCUT2D eigenvalue weighted by molar-refractivity contribution is -0.384. The number of esters is 1. The van der Waals surface area contributed by atoms with Gasteiger partial charge in [-0.1, -0.05) is 24.0 Å². The van der Waals surface area contributed by atoms with Gasteiger partial charge in [0.1, 0.15) is 17.0 Å². The number of nitrogens with zero attached hydrogens (tertiary/aromatic N) is 2. The van der Waals surface area contributed by atoms with Crippen LogP contribution in [0.15, 0.2) is 29.2 Å². The first kappa shape index (κ1) is 20.0. The van der Waals surface area contributed by atoms with Crippen LogP contribution in [-0.2, 0) is 19.1 Å². The van der Waals surface area contributed by atoms with Gasteiger partial charge in [0.25, 0.3) is 11.6 Å². The molecule has 138 valence electrons. The molecule has 1 aliphatic rings. The molecule has 8 nitrogen and oxygen atoms in total. The normalized spacial score (nSPS) is 16.8. The molecule has 0 saturated carbocycles. The number of thioether (sulfide) groups is 1. The molecule has 1 fully saturated rings. The molecular weight excluding hydrogens is 380 g/mol. The zero-order valence-electron chi connectivity index (χ0n) is 14.0. The third-order valence-electron chi connectivity index (χ3n) is 3.49. The highest BCUT2D eigenvalue weighted by atomic mass is 32.2. The van der Waals surface area contributed by atoms with Crippen molar-refractivity contribution in [1.82, 2.24) is 4.90 Å². The van der Waals surface area contributed by atoms with Gasteiger partial charge in [-0.25, -0.2) is 4.79 Å². The van der Waals surface area contributed by atoms with Crippen LogP contribution in [0, 0.1) is 10.1 Å². The first-order chi connectivity index (χ1) is 12.3. The van der Waals surface area contributed by atoms with Crippen molar-refractivity contribution < 1.29 is 24.0 Å². The molecule has 0 aliphatic carbocycles. The molecule has 1 aliphatic heterocycles. The maximum absolute atomic E-state index is 12.6. The molecule has 0 bridgehead atoms. The molecule has 1 saturated heterocycles. The van der Waals surface area contributed by atoms with Gasteiger partial charge in [-0.15, -0.1) is 0 Å². The second kappa shape index (κ2) is 8.88. The van der Waals surface area contributed by atoms with Crippen molar-refractivity contribution in [2.45, 2.75) is 13.0 Å². The molecule has 10 heteroatoms. The van der Waals surface area contributed by atoms with E-state index in [4.69, 9.17) is 21.7 Å². The highest BCUT2D eigenvalue weighted by molar-refractivity contribution is 8.26. The van der Waals surface area contributed by atoms with E-state index in [0.717, 1.165) is 11.8 Å². The summed E-state index contributed by atoms with van der Waals surface area (Å²) in [6.45, 7) is 1.89. The Labute approximate surface area is 159 Å². The van der Waals surface area contributed by atoms with Gasteiger partial charge in [0.05, 0.1) is 16.4 Å². The van der Waals surface area contributed by atoms with Gasteiger partial charge in [0, 0.05) is 19.2 Å². The number of hydrogen-bond acceptors (Lipinski definition) is 8. The number of carbonyl (C=O) groups is 2. The molecule has 0 radical (unpaired) electrons. The van der Waals surface area contributed by atoms with E-state index in [1.807, 2.05) is 0 Å². The monoisotopic (exact) mass is 396 g/mol. The highest BCUT2D eigenvalue weighted by Gasteiger charge is 2.38. The quantitative estimate of drug-likeness (QED) is 0.173. The topological polar surface area (TPSA) is 99.0 Å². The minimum absolute atomic E-state index is 0.0397.